The molecular weight excluding hydrogens is 205 g/mol. The Hall–Kier alpha value is -1.38. The number of anilines is 1. The molecule has 0 heterocycles. The summed E-state index contributed by atoms with van der Waals surface area (Å²) < 4.78 is 12.8. The predicted octanol–water partition coefficient (Wildman–Crippen LogP) is 2.83. The van der Waals surface area contributed by atoms with Crippen LogP contribution in [0.4, 0.5) is 10.1 Å². The maximum Gasteiger partial charge on any atom is 0.230 e. The van der Waals surface area contributed by atoms with Gasteiger partial charge in [0.05, 0.1) is 0 Å². The van der Waals surface area contributed by atoms with Crippen molar-refractivity contribution in [1.82, 2.24) is 0 Å². The van der Waals surface area contributed by atoms with E-state index in [1.165, 1.54) is 12.1 Å². The first-order chi connectivity index (χ1) is 7.63. The summed E-state index contributed by atoms with van der Waals surface area (Å²) in [5.41, 5.74) is 0.785. The number of hydrogen-bond donors (Lipinski definition) is 0. The molecule has 2 atom stereocenters. The van der Waals surface area contributed by atoms with Crippen LogP contribution in [0.15, 0.2) is 24.3 Å². The van der Waals surface area contributed by atoms with E-state index in [4.69, 9.17) is 0 Å². The molecule has 16 heavy (non-hydrogen) atoms. The lowest BCUT2D eigenvalue weighted by molar-refractivity contribution is -0.120. The van der Waals surface area contributed by atoms with Crippen molar-refractivity contribution in [2.24, 2.45) is 11.8 Å². The highest BCUT2D eigenvalue weighted by Crippen LogP contribution is 2.39. The molecule has 3 heteroatoms. The molecule has 2 nitrogen and oxygen atoms in total. The molecule has 0 saturated heterocycles. The predicted molar refractivity (Wildman–Crippen MR) is 61.7 cm³/mol. The van der Waals surface area contributed by atoms with Crippen LogP contribution in [-0.4, -0.2) is 12.5 Å². The van der Waals surface area contributed by atoms with Gasteiger partial charge in [-0.3, -0.25) is 4.79 Å². The van der Waals surface area contributed by atoms with E-state index >= 15 is 0 Å². The maximum atomic E-state index is 12.8. The van der Waals surface area contributed by atoms with Crippen LogP contribution >= 0.6 is 0 Å². The van der Waals surface area contributed by atoms with Crippen LogP contribution in [0.5, 0.6) is 0 Å². The number of benzene rings is 1. The van der Waals surface area contributed by atoms with Crippen molar-refractivity contribution in [3.63, 3.8) is 0 Å². The first-order valence-electron chi connectivity index (χ1n) is 5.70. The van der Waals surface area contributed by atoms with Crippen LogP contribution in [-0.2, 0) is 4.79 Å². The molecule has 1 aliphatic rings. The minimum atomic E-state index is -0.271. The van der Waals surface area contributed by atoms with E-state index in [9.17, 15) is 9.18 Å². The molecule has 0 aliphatic heterocycles. The topological polar surface area (TPSA) is 20.3 Å². The van der Waals surface area contributed by atoms with Gasteiger partial charge in [-0.2, -0.15) is 0 Å². The fourth-order valence-electron chi connectivity index (χ4n) is 1.95. The van der Waals surface area contributed by atoms with Crippen molar-refractivity contribution in [1.29, 1.82) is 0 Å². The SMILES string of the molecule is CCN(C(=O)[C@H]1C[C@H]1C)c1ccc(F)cc1. The molecule has 1 amide bonds. The Balaban J connectivity index is 2.15. The van der Waals surface area contributed by atoms with E-state index in [1.54, 1.807) is 17.0 Å². The Kier molecular flexibility index (Phi) is 2.95. The monoisotopic (exact) mass is 221 g/mol. The Morgan fingerprint density at radius 3 is 2.44 bits per heavy atom. The second-order valence-electron chi connectivity index (χ2n) is 4.38. The van der Waals surface area contributed by atoms with E-state index in [1.807, 2.05) is 6.92 Å². The van der Waals surface area contributed by atoms with Gasteiger partial charge in [-0.25, -0.2) is 4.39 Å². The smallest absolute Gasteiger partial charge is 0.230 e. The number of halogens is 1. The average molecular weight is 221 g/mol. The second-order valence-corrected chi connectivity index (χ2v) is 4.38. The van der Waals surface area contributed by atoms with Gasteiger partial charge in [0.25, 0.3) is 0 Å². The maximum absolute atomic E-state index is 12.8. The molecule has 1 aromatic carbocycles. The third-order valence-corrected chi connectivity index (χ3v) is 3.15. The third-order valence-electron chi connectivity index (χ3n) is 3.15. The molecule has 1 aromatic rings. The van der Waals surface area contributed by atoms with Crippen molar-refractivity contribution >= 4 is 11.6 Å². The first kappa shape index (κ1) is 11.1. The zero-order chi connectivity index (χ0) is 11.7. The number of nitrogens with zero attached hydrogens (tertiary/aromatic N) is 1. The van der Waals surface area contributed by atoms with Crippen molar-refractivity contribution in [2.45, 2.75) is 20.3 Å². The van der Waals surface area contributed by atoms with E-state index in [0.717, 1.165) is 12.1 Å². The molecule has 1 fully saturated rings. The van der Waals surface area contributed by atoms with Gasteiger partial charge in [0.2, 0.25) is 5.91 Å². The Morgan fingerprint density at radius 1 is 1.44 bits per heavy atom. The van der Waals surface area contributed by atoms with Crippen LogP contribution in [0.25, 0.3) is 0 Å². The van der Waals surface area contributed by atoms with E-state index < -0.39 is 0 Å². The molecule has 0 N–H and O–H groups in total. The van der Waals surface area contributed by atoms with E-state index in [0.29, 0.717) is 12.5 Å². The van der Waals surface area contributed by atoms with Crippen LogP contribution < -0.4 is 4.90 Å². The Labute approximate surface area is 95.1 Å². The van der Waals surface area contributed by atoms with Gasteiger partial charge >= 0.3 is 0 Å². The van der Waals surface area contributed by atoms with Gasteiger partial charge < -0.3 is 4.90 Å². The summed E-state index contributed by atoms with van der Waals surface area (Å²) in [5, 5.41) is 0. The molecule has 2 rings (SSSR count). The normalized spacial score (nSPS) is 22.9. The van der Waals surface area contributed by atoms with Gasteiger partial charge in [0.15, 0.2) is 0 Å². The van der Waals surface area contributed by atoms with Crippen LogP contribution in [0.3, 0.4) is 0 Å². The van der Waals surface area contributed by atoms with Crippen molar-refractivity contribution in [3.8, 4) is 0 Å². The number of amides is 1. The minimum Gasteiger partial charge on any atom is -0.312 e. The second kappa shape index (κ2) is 4.24. The molecule has 0 radical (unpaired) electrons. The zero-order valence-electron chi connectivity index (χ0n) is 9.61. The third kappa shape index (κ3) is 2.08. The van der Waals surface area contributed by atoms with Gasteiger partial charge in [0.1, 0.15) is 5.82 Å². The number of hydrogen-bond acceptors (Lipinski definition) is 1. The van der Waals surface area contributed by atoms with Crippen LogP contribution in [0.2, 0.25) is 0 Å². The molecule has 1 saturated carbocycles. The first-order valence-corrected chi connectivity index (χ1v) is 5.70. The van der Waals surface area contributed by atoms with Crippen LogP contribution in [0, 0.1) is 17.7 Å². The number of rotatable bonds is 3. The van der Waals surface area contributed by atoms with Gasteiger partial charge in [-0.1, -0.05) is 6.92 Å². The lowest BCUT2D eigenvalue weighted by Crippen LogP contribution is -2.32. The van der Waals surface area contributed by atoms with Crippen molar-refractivity contribution in [3.05, 3.63) is 30.1 Å². The van der Waals surface area contributed by atoms with Crippen molar-refractivity contribution < 1.29 is 9.18 Å². The molecule has 0 unspecified atom stereocenters. The zero-order valence-corrected chi connectivity index (χ0v) is 9.61. The largest absolute Gasteiger partial charge is 0.312 e. The minimum absolute atomic E-state index is 0.168. The Bertz CT molecular complexity index is 387. The molecule has 0 aromatic heterocycles. The summed E-state index contributed by atoms with van der Waals surface area (Å²) in [5.74, 6) is 0.570. The molecule has 0 bridgehead atoms. The molecule has 86 valence electrons. The number of carbonyl (C=O) groups is 1. The van der Waals surface area contributed by atoms with E-state index in [2.05, 4.69) is 6.92 Å². The summed E-state index contributed by atoms with van der Waals surface area (Å²) in [6, 6.07) is 6.09. The van der Waals surface area contributed by atoms with Gasteiger partial charge in [-0.05, 0) is 43.5 Å². The van der Waals surface area contributed by atoms with Gasteiger partial charge in [-0.15, -0.1) is 0 Å². The molecular formula is C13H16FNO. The fourth-order valence-corrected chi connectivity index (χ4v) is 1.95. The highest BCUT2D eigenvalue weighted by atomic mass is 19.1. The summed E-state index contributed by atoms with van der Waals surface area (Å²) >= 11 is 0. The Morgan fingerprint density at radius 2 is 2.00 bits per heavy atom. The lowest BCUT2D eigenvalue weighted by Gasteiger charge is -2.21. The molecule has 0 spiro atoms. The summed E-state index contributed by atoms with van der Waals surface area (Å²) in [4.78, 5) is 13.8. The highest BCUT2D eigenvalue weighted by molar-refractivity contribution is 5.96. The van der Waals surface area contributed by atoms with Crippen LogP contribution in [0.1, 0.15) is 20.3 Å². The quantitative estimate of drug-likeness (QED) is 0.768. The standard InChI is InChI=1S/C13H16FNO/c1-3-15(13(16)12-8-9(12)2)11-6-4-10(14)5-7-11/h4-7,9,12H,3,8H2,1-2H3/t9-,12+/m1/s1. The average Bonchev–Trinajstić information content (AvgIpc) is 2.99. The summed E-state index contributed by atoms with van der Waals surface area (Å²) in [6.45, 7) is 4.66. The molecule has 1 aliphatic carbocycles. The number of carbonyl (C=O) groups excluding carboxylic acids is 1. The van der Waals surface area contributed by atoms with Gasteiger partial charge in [0, 0.05) is 18.2 Å². The highest BCUT2D eigenvalue weighted by Gasteiger charge is 2.41. The van der Waals surface area contributed by atoms with E-state index in [-0.39, 0.29) is 17.6 Å². The lowest BCUT2D eigenvalue weighted by atomic mass is 10.2. The summed E-state index contributed by atoms with van der Waals surface area (Å²) in [7, 11) is 0. The van der Waals surface area contributed by atoms with Crippen molar-refractivity contribution in [2.75, 3.05) is 11.4 Å². The fraction of sp³-hybridized carbons (Fsp3) is 0.462. The summed E-state index contributed by atoms with van der Waals surface area (Å²) in [6.07, 6.45) is 0.983.